The van der Waals surface area contributed by atoms with Crippen LogP contribution in [0, 0.1) is 0 Å². The Morgan fingerprint density at radius 3 is 2.79 bits per heavy atom. The van der Waals surface area contributed by atoms with Gasteiger partial charge in [-0.15, -0.1) is 0 Å². The van der Waals surface area contributed by atoms with Gasteiger partial charge in [0.15, 0.2) is 0 Å². The molecule has 1 aromatic heterocycles. The molecular formula is C18H15ClN4O. The zero-order valence-corrected chi connectivity index (χ0v) is 14.0. The molecule has 1 aliphatic rings. The largest absolute Gasteiger partial charge is 0.494 e. The maximum absolute atomic E-state index is 6.43. The number of aromatic nitrogens is 2. The van der Waals surface area contributed by atoms with Gasteiger partial charge in [-0.1, -0.05) is 29.8 Å². The standard InChI is InChI=1S/C18H15ClN4O/c1-10-8-20-16-12(7-15(24-2)18-13(16)9-21-23-18)17(22-10)11-5-3-4-6-14(11)19/h3-9,20H,1-2H3,(H,21,23). The van der Waals surface area contributed by atoms with Crippen LogP contribution in [0.1, 0.15) is 18.1 Å². The number of rotatable bonds is 2. The minimum absolute atomic E-state index is 0.656. The summed E-state index contributed by atoms with van der Waals surface area (Å²) >= 11 is 6.43. The van der Waals surface area contributed by atoms with E-state index in [0.717, 1.165) is 39.1 Å². The third kappa shape index (κ3) is 2.25. The van der Waals surface area contributed by atoms with Crippen molar-refractivity contribution in [3.05, 3.63) is 64.6 Å². The number of nitrogens with one attached hydrogen (secondary N) is 2. The quantitative estimate of drug-likeness (QED) is 0.730. The number of nitrogens with zero attached hydrogens (tertiary/aromatic N) is 2. The van der Waals surface area contributed by atoms with Crippen molar-refractivity contribution in [2.24, 2.45) is 4.99 Å². The van der Waals surface area contributed by atoms with Crippen LogP contribution in [0.4, 0.5) is 5.69 Å². The average molecular weight is 339 g/mol. The second-order valence-corrected chi connectivity index (χ2v) is 5.94. The van der Waals surface area contributed by atoms with Gasteiger partial charge in [-0.2, -0.15) is 5.10 Å². The van der Waals surface area contributed by atoms with Crippen molar-refractivity contribution < 1.29 is 4.74 Å². The average Bonchev–Trinajstić information content (AvgIpc) is 3.01. The van der Waals surface area contributed by atoms with Crippen molar-refractivity contribution >= 4 is 33.9 Å². The topological polar surface area (TPSA) is 62.3 Å². The highest BCUT2D eigenvalue weighted by atomic mass is 35.5. The first-order valence-electron chi connectivity index (χ1n) is 7.50. The van der Waals surface area contributed by atoms with E-state index in [1.807, 2.05) is 43.5 Å². The molecule has 6 heteroatoms. The highest BCUT2D eigenvalue weighted by Gasteiger charge is 2.21. The lowest BCUT2D eigenvalue weighted by Crippen LogP contribution is -2.07. The summed E-state index contributed by atoms with van der Waals surface area (Å²) in [6.07, 6.45) is 3.66. The molecule has 0 spiro atoms. The van der Waals surface area contributed by atoms with Crippen LogP contribution in [0.25, 0.3) is 10.9 Å². The lowest BCUT2D eigenvalue weighted by atomic mass is 9.98. The lowest BCUT2D eigenvalue weighted by molar-refractivity contribution is 0.419. The van der Waals surface area contributed by atoms with Gasteiger partial charge in [-0.05, 0) is 19.1 Å². The molecule has 0 unspecified atom stereocenters. The fraction of sp³-hybridized carbons (Fsp3) is 0.111. The Bertz CT molecular complexity index is 1000. The summed E-state index contributed by atoms with van der Waals surface area (Å²) in [5.74, 6) is 0.711. The van der Waals surface area contributed by atoms with Gasteiger partial charge in [-0.25, -0.2) is 0 Å². The first-order chi connectivity index (χ1) is 11.7. The lowest BCUT2D eigenvalue weighted by Gasteiger charge is -2.14. The van der Waals surface area contributed by atoms with Gasteiger partial charge in [-0.3, -0.25) is 10.1 Å². The van der Waals surface area contributed by atoms with E-state index in [0.29, 0.717) is 10.8 Å². The maximum Gasteiger partial charge on any atom is 0.145 e. The third-order valence-corrected chi connectivity index (χ3v) is 4.35. The molecule has 2 heterocycles. The number of methoxy groups -OCH3 is 1. The van der Waals surface area contributed by atoms with E-state index in [4.69, 9.17) is 21.3 Å². The van der Waals surface area contributed by atoms with Crippen molar-refractivity contribution in [2.75, 3.05) is 12.4 Å². The Morgan fingerprint density at radius 1 is 1.17 bits per heavy atom. The van der Waals surface area contributed by atoms with Crippen LogP contribution >= 0.6 is 11.6 Å². The number of H-pyrrole nitrogens is 1. The highest BCUT2D eigenvalue weighted by Crippen LogP contribution is 2.37. The molecule has 0 atom stereocenters. The number of ether oxygens (including phenoxy) is 1. The van der Waals surface area contributed by atoms with Crippen molar-refractivity contribution in [1.82, 2.24) is 10.2 Å². The normalized spacial score (nSPS) is 13.6. The van der Waals surface area contributed by atoms with Crippen molar-refractivity contribution in [2.45, 2.75) is 6.92 Å². The van der Waals surface area contributed by atoms with E-state index in [1.165, 1.54) is 0 Å². The predicted octanol–water partition coefficient (Wildman–Crippen LogP) is 4.35. The van der Waals surface area contributed by atoms with Crippen LogP contribution in [0.3, 0.4) is 0 Å². The molecule has 0 saturated carbocycles. The van der Waals surface area contributed by atoms with Gasteiger partial charge >= 0.3 is 0 Å². The van der Waals surface area contributed by atoms with Gasteiger partial charge in [0.05, 0.1) is 30.4 Å². The van der Waals surface area contributed by atoms with Crippen molar-refractivity contribution in [1.29, 1.82) is 0 Å². The first kappa shape index (κ1) is 14.8. The number of halogens is 1. The summed E-state index contributed by atoms with van der Waals surface area (Å²) in [7, 11) is 1.64. The molecule has 4 rings (SSSR count). The van der Waals surface area contributed by atoms with E-state index in [-0.39, 0.29) is 0 Å². The third-order valence-electron chi connectivity index (χ3n) is 4.02. The fourth-order valence-electron chi connectivity index (χ4n) is 2.89. The van der Waals surface area contributed by atoms with Crippen LogP contribution in [0.15, 0.2) is 53.4 Å². The molecule has 24 heavy (non-hydrogen) atoms. The van der Waals surface area contributed by atoms with Crippen LogP contribution in [-0.2, 0) is 0 Å². The zero-order valence-electron chi connectivity index (χ0n) is 13.2. The number of anilines is 1. The Morgan fingerprint density at radius 2 is 2.00 bits per heavy atom. The smallest absolute Gasteiger partial charge is 0.145 e. The minimum Gasteiger partial charge on any atom is -0.494 e. The van der Waals surface area contributed by atoms with E-state index in [1.54, 1.807) is 13.3 Å². The van der Waals surface area contributed by atoms with Gasteiger partial charge in [0.2, 0.25) is 0 Å². The number of hydrogen-bond donors (Lipinski definition) is 2. The Hall–Kier alpha value is -2.79. The summed E-state index contributed by atoms with van der Waals surface area (Å²) < 4.78 is 5.53. The maximum atomic E-state index is 6.43. The molecule has 2 aromatic carbocycles. The van der Waals surface area contributed by atoms with Crippen LogP contribution < -0.4 is 10.1 Å². The fourth-order valence-corrected chi connectivity index (χ4v) is 3.12. The predicted molar refractivity (Wildman–Crippen MR) is 97.1 cm³/mol. The second kappa shape index (κ2) is 5.69. The van der Waals surface area contributed by atoms with E-state index in [2.05, 4.69) is 15.5 Å². The minimum atomic E-state index is 0.656. The molecule has 0 fully saturated rings. The molecule has 5 nitrogen and oxygen atoms in total. The van der Waals surface area contributed by atoms with E-state index >= 15 is 0 Å². The van der Waals surface area contributed by atoms with Crippen LogP contribution in [0.5, 0.6) is 5.75 Å². The summed E-state index contributed by atoms with van der Waals surface area (Å²) in [4.78, 5) is 4.76. The van der Waals surface area contributed by atoms with E-state index < -0.39 is 0 Å². The summed E-state index contributed by atoms with van der Waals surface area (Å²) in [6, 6.07) is 9.65. The number of allylic oxidation sites excluding steroid dienone is 1. The van der Waals surface area contributed by atoms with Gasteiger partial charge in [0.1, 0.15) is 11.3 Å². The van der Waals surface area contributed by atoms with Gasteiger partial charge in [0.25, 0.3) is 0 Å². The molecule has 120 valence electrons. The van der Waals surface area contributed by atoms with Crippen molar-refractivity contribution in [3.8, 4) is 5.75 Å². The zero-order chi connectivity index (χ0) is 16.7. The van der Waals surface area contributed by atoms with E-state index in [9.17, 15) is 0 Å². The number of aliphatic imine (C=N–C) groups is 1. The molecule has 3 aromatic rings. The monoisotopic (exact) mass is 338 g/mol. The van der Waals surface area contributed by atoms with Crippen LogP contribution in [-0.4, -0.2) is 23.0 Å². The van der Waals surface area contributed by atoms with Crippen LogP contribution in [0.2, 0.25) is 5.02 Å². The van der Waals surface area contributed by atoms with Crippen molar-refractivity contribution in [3.63, 3.8) is 0 Å². The highest BCUT2D eigenvalue weighted by molar-refractivity contribution is 6.36. The molecule has 1 aliphatic heterocycles. The number of benzene rings is 2. The summed E-state index contributed by atoms with van der Waals surface area (Å²) in [5.41, 5.74) is 5.22. The number of hydrogen-bond acceptors (Lipinski definition) is 4. The number of fused-ring (bicyclic) bond motifs is 3. The Kier molecular flexibility index (Phi) is 3.50. The summed E-state index contributed by atoms with van der Waals surface area (Å²) in [5, 5.41) is 12.1. The summed E-state index contributed by atoms with van der Waals surface area (Å²) in [6.45, 7) is 1.94. The SMILES string of the molecule is COc1cc2c(c3cn[nH]c13)NC=C(C)N=C2c1ccccc1Cl. The Labute approximate surface area is 144 Å². The molecule has 0 bridgehead atoms. The van der Waals surface area contributed by atoms with Gasteiger partial charge < -0.3 is 10.1 Å². The molecule has 2 N–H and O–H groups in total. The molecular weight excluding hydrogens is 324 g/mol. The molecule has 0 amide bonds. The Balaban J connectivity index is 2.07. The molecule has 0 saturated heterocycles. The van der Waals surface area contributed by atoms with Gasteiger partial charge in [0, 0.05) is 27.7 Å². The second-order valence-electron chi connectivity index (χ2n) is 5.53. The first-order valence-corrected chi connectivity index (χ1v) is 7.88. The number of aromatic amines is 1. The molecule has 0 radical (unpaired) electrons. The molecule has 0 aliphatic carbocycles.